The van der Waals surface area contributed by atoms with E-state index in [2.05, 4.69) is 9.72 Å². The number of alkyl halides is 2. The Morgan fingerprint density at radius 2 is 2.29 bits per heavy atom. The minimum Gasteiger partial charge on any atom is -0.480 e. The fourth-order valence-corrected chi connectivity index (χ4v) is 1.14. The number of methoxy groups -OCH3 is 1. The molecule has 0 aliphatic carbocycles. The molecule has 14 heavy (non-hydrogen) atoms. The van der Waals surface area contributed by atoms with Crippen LogP contribution in [0, 0.1) is 0 Å². The van der Waals surface area contributed by atoms with Crippen molar-refractivity contribution >= 4 is 17.4 Å². The normalized spacial score (nSPS) is 10.4. The molecule has 1 rings (SSSR count). The molecule has 0 saturated heterocycles. The number of ketones is 1. The third kappa shape index (κ3) is 1.98. The quantitative estimate of drug-likeness (QED) is 0.735. The van der Waals surface area contributed by atoms with Crippen LogP contribution in [0.4, 0.5) is 8.78 Å². The molecule has 0 radical (unpaired) electrons. The number of aromatic nitrogens is 1. The SMILES string of the molecule is COc1nccc(Cl)c1C(=O)C(F)F. The summed E-state index contributed by atoms with van der Waals surface area (Å²) in [6.07, 6.45) is -1.85. The van der Waals surface area contributed by atoms with E-state index in [9.17, 15) is 13.6 Å². The number of nitrogens with zero attached hydrogens (tertiary/aromatic N) is 1. The molecule has 0 aromatic carbocycles. The van der Waals surface area contributed by atoms with Crippen LogP contribution in [0.15, 0.2) is 12.3 Å². The number of halogens is 3. The van der Waals surface area contributed by atoms with E-state index in [4.69, 9.17) is 11.6 Å². The van der Waals surface area contributed by atoms with Gasteiger partial charge < -0.3 is 4.74 Å². The molecule has 1 heterocycles. The summed E-state index contributed by atoms with van der Waals surface area (Å²) in [4.78, 5) is 14.6. The van der Waals surface area contributed by atoms with Gasteiger partial charge in [-0.3, -0.25) is 4.79 Å². The Morgan fingerprint density at radius 1 is 1.64 bits per heavy atom. The molecule has 3 nitrogen and oxygen atoms in total. The van der Waals surface area contributed by atoms with Crippen LogP contribution >= 0.6 is 11.6 Å². The summed E-state index contributed by atoms with van der Waals surface area (Å²) in [7, 11) is 1.22. The predicted octanol–water partition coefficient (Wildman–Crippen LogP) is 2.19. The molecule has 0 N–H and O–H groups in total. The molecule has 1 aromatic heterocycles. The molecule has 1 aromatic rings. The van der Waals surface area contributed by atoms with Gasteiger partial charge in [-0.1, -0.05) is 11.6 Å². The molecule has 0 spiro atoms. The first-order valence-corrected chi connectivity index (χ1v) is 3.96. The van der Waals surface area contributed by atoms with Crippen LogP contribution in [0.1, 0.15) is 10.4 Å². The van der Waals surface area contributed by atoms with Crippen molar-refractivity contribution < 1.29 is 18.3 Å². The Kier molecular flexibility index (Phi) is 3.35. The highest BCUT2D eigenvalue weighted by Crippen LogP contribution is 2.25. The van der Waals surface area contributed by atoms with E-state index in [1.165, 1.54) is 19.4 Å². The Bertz CT molecular complexity index is 357. The van der Waals surface area contributed by atoms with Crippen molar-refractivity contribution in [2.45, 2.75) is 6.43 Å². The van der Waals surface area contributed by atoms with E-state index < -0.39 is 12.2 Å². The predicted molar refractivity (Wildman–Crippen MR) is 46.1 cm³/mol. The molecule has 0 saturated carbocycles. The van der Waals surface area contributed by atoms with Gasteiger partial charge in [0.25, 0.3) is 0 Å². The van der Waals surface area contributed by atoms with Gasteiger partial charge in [-0.25, -0.2) is 13.8 Å². The second kappa shape index (κ2) is 4.32. The summed E-state index contributed by atoms with van der Waals surface area (Å²) in [5.41, 5.74) is -0.383. The highest BCUT2D eigenvalue weighted by Gasteiger charge is 2.25. The zero-order valence-corrected chi connectivity index (χ0v) is 7.89. The maximum atomic E-state index is 12.1. The Labute approximate surface area is 83.7 Å². The zero-order valence-electron chi connectivity index (χ0n) is 7.13. The number of ether oxygens (including phenoxy) is 1. The largest absolute Gasteiger partial charge is 0.480 e. The van der Waals surface area contributed by atoms with Gasteiger partial charge in [0.1, 0.15) is 5.56 Å². The van der Waals surface area contributed by atoms with Crippen molar-refractivity contribution in [1.29, 1.82) is 0 Å². The van der Waals surface area contributed by atoms with Crippen molar-refractivity contribution in [2.24, 2.45) is 0 Å². The average Bonchev–Trinajstić information content (AvgIpc) is 2.16. The number of hydrogen-bond donors (Lipinski definition) is 0. The van der Waals surface area contributed by atoms with Crippen LogP contribution in [0.2, 0.25) is 5.02 Å². The smallest absolute Gasteiger partial charge is 0.300 e. The van der Waals surface area contributed by atoms with Gasteiger partial charge in [0.2, 0.25) is 11.7 Å². The third-order valence-corrected chi connectivity index (χ3v) is 1.82. The lowest BCUT2D eigenvalue weighted by Crippen LogP contribution is -2.13. The maximum absolute atomic E-state index is 12.1. The van der Waals surface area contributed by atoms with Crippen molar-refractivity contribution in [3.63, 3.8) is 0 Å². The van der Waals surface area contributed by atoms with Crippen LogP contribution < -0.4 is 4.74 Å². The second-order valence-electron chi connectivity index (χ2n) is 2.34. The van der Waals surface area contributed by atoms with Crippen LogP contribution in [-0.2, 0) is 0 Å². The number of carbonyl (C=O) groups excluding carboxylic acids is 1. The Morgan fingerprint density at radius 3 is 2.79 bits per heavy atom. The first kappa shape index (κ1) is 10.8. The van der Waals surface area contributed by atoms with Crippen molar-refractivity contribution in [3.05, 3.63) is 22.8 Å². The fraction of sp³-hybridized carbons (Fsp3) is 0.250. The lowest BCUT2D eigenvalue weighted by Gasteiger charge is -2.06. The number of rotatable bonds is 3. The van der Waals surface area contributed by atoms with E-state index in [1.807, 2.05) is 0 Å². The van der Waals surface area contributed by atoms with Crippen molar-refractivity contribution in [2.75, 3.05) is 7.11 Å². The van der Waals surface area contributed by atoms with Gasteiger partial charge >= 0.3 is 6.43 Å². The number of pyridine rings is 1. The minimum absolute atomic E-state index is 0.0952. The first-order chi connectivity index (χ1) is 6.57. The van der Waals surface area contributed by atoms with E-state index in [0.29, 0.717) is 0 Å². The number of hydrogen-bond acceptors (Lipinski definition) is 3. The summed E-state index contributed by atoms with van der Waals surface area (Å²) in [6.45, 7) is 0. The maximum Gasteiger partial charge on any atom is 0.300 e. The zero-order chi connectivity index (χ0) is 10.7. The minimum atomic E-state index is -3.12. The van der Waals surface area contributed by atoms with Gasteiger partial charge in [0.15, 0.2) is 0 Å². The summed E-state index contributed by atoms with van der Waals surface area (Å²) >= 11 is 5.57. The van der Waals surface area contributed by atoms with Gasteiger partial charge in [-0.05, 0) is 6.07 Å². The molecular formula is C8H6ClF2NO2. The average molecular weight is 222 g/mol. The van der Waals surface area contributed by atoms with Crippen molar-refractivity contribution in [1.82, 2.24) is 4.98 Å². The molecular weight excluding hydrogens is 216 g/mol. The molecule has 0 bridgehead atoms. The standard InChI is InChI=1S/C8H6ClF2NO2/c1-14-8-5(6(13)7(10)11)4(9)2-3-12-8/h2-3,7H,1H3. The Hall–Kier alpha value is -1.23. The molecule has 0 amide bonds. The molecule has 0 aliphatic rings. The monoisotopic (exact) mass is 221 g/mol. The molecule has 0 fully saturated rings. The summed E-state index contributed by atoms with van der Waals surface area (Å²) < 4.78 is 28.9. The Balaban J connectivity index is 3.23. The van der Waals surface area contributed by atoms with Crippen LogP contribution in [0.25, 0.3) is 0 Å². The summed E-state index contributed by atoms with van der Waals surface area (Å²) in [5, 5.41) is -0.0952. The van der Waals surface area contributed by atoms with E-state index >= 15 is 0 Å². The molecule has 0 unspecified atom stereocenters. The number of Topliss-reactive ketones (excluding diaryl/α,β-unsaturated/α-hetero) is 1. The third-order valence-electron chi connectivity index (χ3n) is 1.50. The highest BCUT2D eigenvalue weighted by atomic mass is 35.5. The van der Waals surface area contributed by atoms with Crippen LogP contribution in [-0.4, -0.2) is 24.3 Å². The lowest BCUT2D eigenvalue weighted by molar-refractivity contribution is 0.0675. The topological polar surface area (TPSA) is 39.2 Å². The fourth-order valence-electron chi connectivity index (χ4n) is 0.907. The molecule has 0 aliphatic heterocycles. The van der Waals surface area contributed by atoms with E-state index in [1.54, 1.807) is 0 Å². The van der Waals surface area contributed by atoms with Crippen LogP contribution in [0.3, 0.4) is 0 Å². The van der Waals surface area contributed by atoms with Crippen molar-refractivity contribution in [3.8, 4) is 5.88 Å². The summed E-state index contributed by atoms with van der Waals surface area (Å²) in [5.74, 6) is -1.58. The molecule has 6 heteroatoms. The molecule has 76 valence electrons. The summed E-state index contributed by atoms with van der Waals surface area (Å²) in [6, 6.07) is 1.25. The van der Waals surface area contributed by atoms with Gasteiger partial charge in [0.05, 0.1) is 12.1 Å². The van der Waals surface area contributed by atoms with Crippen LogP contribution in [0.5, 0.6) is 5.88 Å². The molecule has 0 atom stereocenters. The van der Waals surface area contributed by atoms with Gasteiger partial charge in [0, 0.05) is 6.20 Å². The first-order valence-electron chi connectivity index (χ1n) is 3.58. The van der Waals surface area contributed by atoms with E-state index in [-0.39, 0.29) is 16.5 Å². The lowest BCUT2D eigenvalue weighted by atomic mass is 10.2. The van der Waals surface area contributed by atoms with E-state index in [0.717, 1.165) is 0 Å². The number of carbonyl (C=O) groups is 1. The van der Waals surface area contributed by atoms with Gasteiger partial charge in [-0.15, -0.1) is 0 Å². The van der Waals surface area contributed by atoms with Gasteiger partial charge in [-0.2, -0.15) is 0 Å². The highest BCUT2D eigenvalue weighted by molar-refractivity contribution is 6.34. The second-order valence-corrected chi connectivity index (χ2v) is 2.75.